The first-order valence-corrected chi connectivity index (χ1v) is 7.48. The Morgan fingerprint density at radius 1 is 0.947 bits per heavy atom. The highest BCUT2D eigenvalue weighted by Crippen LogP contribution is 2.42. The summed E-state index contributed by atoms with van der Waals surface area (Å²) in [6.45, 7) is 24.8. The standard InChI is InChI=1S/C10H20.C6H10.C2H6.CH4/c1-8-5-6-9(2)10(3,4)7-8;1-5(2)6(3)4;1-2;/h8-9H,5-7H2,1-4H3;1,3H2,2,4H3;1-2H3;1H4. The highest BCUT2D eigenvalue weighted by Gasteiger charge is 2.31. The summed E-state index contributed by atoms with van der Waals surface area (Å²) in [5.74, 6) is 1.90. The summed E-state index contributed by atoms with van der Waals surface area (Å²) < 4.78 is 0. The van der Waals surface area contributed by atoms with Crippen LogP contribution in [0.4, 0.5) is 0 Å². The molecule has 2 unspecified atom stereocenters. The van der Waals surface area contributed by atoms with Crippen LogP contribution in [-0.2, 0) is 0 Å². The monoisotopic (exact) mass is 268 g/mol. The van der Waals surface area contributed by atoms with Crippen molar-refractivity contribution in [2.45, 2.75) is 82.1 Å². The summed E-state index contributed by atoms with van der Waals surface area (Å²) in [6.07, 6.45) is 4.31. The molecular weight excluding hydrogens is 228 g/mol. The van der Waals surface area contributed by atoms with Gasteiger partial charge in [-0.05, 0) is 43.9 Å². The third kappa shape index (κ3) is 11.0. The van der Waals surface area contributed by atoms with Gasteiger partial charge < -0.3 is 0 Å². The third-order valence-electron chi connectivity index (χ3n) is 4.03. The van der Waals surface area contributed by atoms with E-state index in [1.807, 2.05) is 27.7 Å². The second kappa shape index (κ2) is 11.3. The van der Waals surface area contributed by atoms with E-state index in [4.69, 9.17) is 0 Å². The van der Waals surface area contributed by atoms with Crippen molar-refractivity contribution in [2.24, 2.45) is 17.3 Å². The Bertz CT molecular complexity index is 233. The van der Waals surface area contributed by atoms with Crippen molar-refractivity contribution < 1.29 is 0 Å². The van der Waals surface area contributed by atoms with Crippen LogP contribution in [-0.4, -0.2) is 0 Å². The molecule has 1 aliphatic rings. The molecule has 0 amide bonds. The van der Waals surface area contributed by atoms with E-state index in [9.17, 15) is 0 Å². The molecule has 0 saturated heterocycles. The van der Waals surface area contributed by atoms with Gasteiger partial charge in [-0.1, -0.05) is 79.7 Å². The normalized spacial score (nSPS) is 23.6. The Labute approximate surface area is 124 Å². The second-order valence-corrected chi connectivity index (χ2v) is 6.34. The van der Waals surface area contributed by atoms with Crippen molar-refractivity contribution in [2.75, 3.05) is 0 Å². The van der Waals surface area contributed by atoms with Crippen LogP contribution in [0.1, 0.15) is 82.1 Å². The minimum atomic E-state index is 0. The smallest absolute Gasteiger partial charge is 0.0326 e. The Balaban J connectivity index is -0.000000249. The highest BCUT2D eigenvalue weighted by molar-refractivity contribution is 5.19. The van der Waals surface area contributed by atoms with Crippen LogP contribution in [0, 0.1) is 17.3 Å². The Hall–Kier alpha value is -0.520. The van der Waals surface area contributed by atoms with E-state index in [0.717, 1.165) is 23.0 Å². The summed E-state index contributed by atoms with van der Waals surface area (Å²) in [5, 5.41) is 0. The van der Waals surface area contributed by atoms with Gasteiger partial charge in [0.2, 0.25) is 0 Å². The molecule has 0 aromatic heterocycles. The van der Waals surface area contributed by atoms with Crippen LogP contribution < -0.4 is 0 Å². The number of rotatable bonds is 1. The molecule has 0 heterocycles. The Kier molecular flexibility index (Phi) is 14.0. The van der Waals surface area contributed by atoms with Gasteiger partial charge in [0.1, 0.15) is 0 Å². The molecule has 19 heavy (non-hydrogen) atoms. The van der Waals surface area contributed by atoms with Gasteiger partial charge >= 0.3 is 0 Å². The first-order valence-electron chi connectivity index (χ1n) is 7.48. The molecule has 0 radical (unpaired) electrons. The number of hydrogen-bond acceptors (Lipinski definition) is 0. The first-order chi connectivity index (χ1) is 8.16. The van der Waals surface area contributed by atoms with E-state index in [0.29, 0.717) is 5.41 Å². The van der Waals surface area contributed by atoms with Crippen molar-refractivity contribution in [3.63, 3.8) is 0 Å². The zero-order valence-electron chi connectivity index (χ0n) is 14.2. The highest BCUT2D eigenvalue weighted by atomic mass is 14.4. The largest absolute Gasteiger partial charge is 0.0959 e. The lowest BCUT2D eigenvalue weighted by molar-refractivity contribution is 0.115. The SMILES string of the molecule is C.C=C(C)C(=C)C.CC.CC1CCC(C)C(C)(C)C1. The third-order valence-corrected chi connectivity index (χ3v) is 4.03. The van der Waals surface area contributed by atoms with Crippen molar-refractivity contribution in [1.29, 1.82) is 0 Å². The quantitative estimate of drug-likeness (QED) is 0.439. The molecular formula is C19H40. The number of hydrogen-bond donors (Lipinski definition) is 0. The van der Waals surface area contributed by atoms with Gasteiger partial charge in [-0.15, -0.1) is 0 Å². The van der Waals surface area contributed by atoms with Crippen molar-refractivity contribution in [3.05, 3.63) is 24.3 Å². The molecule has 1 aliphatic carbocycles. The molecule has 0 spiro atoms. The Morgan fingerprint density at radius 2 is 1.32 bits per heavy atom. The predicted molar refractivity (Wildman–Crippen MR) is 93.7 cm³/mol. The van der Waals surface area contributed by atoms with Crippen molar-refractivity contribution in [1.82, 2.24) is 0 Å². The fraction of sp³-hybridized carbons (Fsp3) is 0.789. The molecule has 0 N–H and O–H groups in total. The van der Waals surface area contributed by atoms with E-state index < -0.39 is 0 Å². The molecule has 116 valence electrons. The minimum Gasteiger partial charge on any atom is -0.0959 e. The van der Waals surface area contributed by atoms with Crippen LogP contribution >= 0.6 is 0 Å². The van der Waals surface area contributed by atoms with E-state index in [-0.39, 0.29) is 7.43 Å². The van der Waals surface area contributed by atoms with Gasteiger partial charge in [0.25, 0.3) is 0 Å². The molecule has 0 heteroatoms. The van der Waals surface area contributed by atoms with Crippen molar-refractivity contribution in [3.8, 4) is 0 Å². The van der Waals surface area contributed by atoms with Crippen LogP contribution in [0.3, 0.4) is 0 Å². The van der Waals surface area contributed by atoms with Gasteiger partial charge in [0.15, 0.2) is 0 Å². The summed E-state index contributed by atoms with van der Waals surface area (Å²) >= 11 is 0. The summed E-state index contributed by atoms with van der Waals surface area (Å²) in [4.78, 5) is 0. The van der Waals surface area contributed by atoms with E-state index in [2.05, 4.69) is 40.9 Å². The van der Waals surface area contributed by atoms with Gasteiger partial charge in [0, 0.05) is 0 Å². The fourth-order valence-corrected chi connectivity index (χ4v) is 2.13. The molecule has 0 aromatic carbocycles. The van der Waals surface area contributed by atoms with Crippen molar-refractivity contribution >= 4 is 0 Å². The molecule has 0 bridgehead atoms. The maximum atomic E-state index is 3.66. The summed E-state index contributed by atoms with van der Waals surface area (Å²) in [5.41, 5.74) is 2.74. The van der Waals surface area contributed by atoms with Crippen LogP contribution in [0.25, 0.3) is 0 Å². The topological polar surface area (TPSA) is 0 Å². The molecule has 2 atom stereocenters. The molecule has 0 aliphatic heterocycles. The molecule has 1 fully saturated rings. The second-order valence-electron chi connectivity index (χ2n) is 6.34. The lowest BCUT2D eigenvalue weighted by atomic mass is 9.66. The van der Waals surface area contributed by atoms with Crippen LogP contribution in [0.15, 0.2) is 24.3 Å². The van der Waals surface area contributed by atoms with Gasteiger partial charge in [0.05, 0.1) is 0 Å². The molecule has 0 nitrogen and oxygen atoms in total. The average Bonchev–Trinajstić information content (AvgIpc) is 2.27. The molecule has 1 saturated carbocycles. The van der Waals surface area contributed by atoms with Gasteiger partial charge in [-0.25, -0.2) is 0 Å². The number of allylic oxidation sites excluding steroid dienone is 2. The lowest BCUT2D eigenvalue weighted by Crippen LogP contribution is -2.29. The summed E-state index contributed by atoms with van der Waals surface area (Å²) in [6, 6.07) is 0. The first kappa shape index (κ1) is 23.6. The predicted octanol–water partition coefficient (Wildman–Crippen LogP) is 7.27. The van der Waals surface area contributed by atoms with Gasteiger partial charge in [-0.3, -0.25) is 0 Å². The van der Waals surface area contributed by atoms with Crippen LogP contribution in [0.2, 0.25) is 0 Å². The van der Waals surface area contributed by atoms with Crippen LogP contribution in [0.5, 0.6) is 0 Å². The maximum absolute atomic E-state index is 3.66. The summed E-state index contributed by atoms with van der Waals surface area (Å²) in [7, 11) is 0. The maximum Gasteiger partial charge on any atom is -0.0326 e. The van der Waals surface area contributed by atoms with E-state index in [1.54, 1.807) is 0 Å². The zero-order chi connectivity index (χ0) is 14.9. The van der Waals surface area contributed by atoms with E-state index in [1.165, 1.54) is 19.3 Å². The average molecular weight is 269 g/mol. The zero-order valence-corrected chi connectivity index (χ0v) is 14.2. The Morgan fingerprint density at radius 3 is 1.53 bits per heavy atom. The molecule has 0 aromatic rings. The molecule has 1 rings (SSSR count). The minimum absolute atomic E-state index is 0. The fourth-order valence-electron chi connectivity index (χ4n) is 2.13. The van der Waals surface area contributed by atoms with Gasteiger partial charge in [-0.2, -0.15) is 0 Å². The lowest BCUT2D eigenvalue weighted by Gasteiger charge is -2.39. The van der Waals surface area contributed by atoms with E-state index >= 15 is 0 Å².